The summed E-state index contributed by atoms with van der Waals surface area (Å²) in [5.41, 5.74) is 1.52. The molecule has 1 saturated heterocycles. The minimum Gasteiger partial charge on any atom is -0.497 e. The summed E-state index contributed by atoms with van der Waals surface area (Å²) in [7, 11) is 3.22. The number of carbonyl (C=O) groups is 1. The Bertz CT molecular complexity index is 636. The molecule has 2 aliphatic rings. The number of likely N-dealkylation sites (tertiary alicyclic amines) is 1. The second-order valence-corrected chi connectivity index (χ2v) is 6.41. The van der Waals surface area contributed by atoms with Gasteiger partial charge < -0.3 is 19.2 Å². The Labute approximate surface area is 142 Å². The number of nitrogens with zero attached hydrogens (tertiary/aromatic N) is 2. The van der Waals surface area contributed by atoms with Crippen molar-refractivity contribution in [3.8, 4) is 11.5 Å². The Balaban J connectivity index is 1.70. The van der Waals surface area contributed by atoms with Gasteiger partial charge >= 0.3 is 0 Å². The second kappa shape index (κ2) is 7.11. The fourth-order valence-corrected chi connectivity index (χ4v) is 3.14. The third-order valence-corrected chi connectivity index (χ3v) is 4.76. The van der Waals surface area contributed by atoms with E-state index in [9.17, 15) is 4.79 Å². The van der Waals surface area contributed by atoms with Crippen LogP contribution in [0.1, 0.15) is 31.7 Å². The lowest BCUT2D eigenvalue weighted by Crippen LogP contribution is -2.43. The van der Waals surface area contributed by atoms with Crippen molar-refractivity contribution in [2.75, 3.05) is 27.3 Å². The molecule has 0 saturated carbocycles. The number of carbonyl (C=O) groups excluding carboxylic acids is 1. The Morgan fingerprint density at radius 1 is 1.25 bits per heavy atom. The van der Waals surface area contributed by atoms with Gasteiger partial charge in [0.05, 0.1) is 19.9 Å². The van der Waals surface area contributed by atoms with Crippen LogP contribution in [-0.4, -0.2) is 49.9 Å². The first-order chi connectivity index (χ1) is 11.6. The number of amides is 1. The molecule has 3 rings (SSSR count). The molecule has 1 amide bonds. The van der Waals surface area contributed by atoms with Crippen molar-refractivity contribution in [3.05, 3.63) is 23.8 Å². The SMILES string of the molecule is COc1ccc(OC)c(C2=NO[C@@H](C(=O)N3CCC(C)CC3)C2)c1. The standard InChI is InChI=1S/C18H24N2O4/c1-12-6-8-20(9-7-12)18(21)17-11-15(19-24-17)14-10-13(22-2)4-5-16(14)23-3/h4-5,10,12,17H,6-9,11H2,1-3H3/t17-/m1/s1. The third-order valence-electron chi connectivity index (χ3n) is 4.76. The summed E-state index contributed by atoms with van der Waals surface area (Å²) < 4.78 is 10.7. The topological polar surface area (TPSA) is 60.4 Å². The first-order valence-corrected chi connectivity index (χ1v) is 8.36. The van der Waals surface area contributed by atoms with Crippen LogP contribution in [0.5, 0.6) is 11.5 Å². The minimum absolute atomic E-state index is 0.0301. The van der Waals surface area contributed by atoms with E-state index in [0.29, 0.717) is 23.8 Å². The zero-order chi connectivity index (χ0) is 17.1. The number of methoxy groups -OCH3 is 2. The number of benzene rings is 1. The van der Waals surface area contributed by atoms with Gasteiger partial charge in [0.2, 0.25) is 6.10 Å². The highest BCUT2D eigenvalue weighted by molar-refractivity contribution is 6.06. The van der Waals surface area contributed by atoms with Crippen molar-refractivity contribution in [2.45, 2.75) is 32.3 Å². The Kier molecular flexibility index (Phi) is 4.92. The lowest BCUT2D eigenvalue weighted by molar-refractivity contribution is -0.143. The van der Waals surface area contributed by atoms with Crippen LogP contribution in [0.3, 0.4) is 0 Å². The predicted octanol–water partition coefficient (Wildman–Crippen LogP) is 2.46. The fourth-order valence-electron chi connectivity index (χ4n) is 3.14. The van der Waals surface area contributed by atoms with Crippen LogP contribution in [0, 0.1) is 5.92 Å². The fraction of sp³-hybridized carbons (Fsp3) is 0.556. The van der Waals surface area contributed by atoms with Crippen molar-refractivity contribution in [3.63, 3.8) is 0 Å². The molecule has 6 heteroatoms. The van der Waals surface area contributed by atoms with E-state index in [1.807, 2.05) is 23.1 Å². The van der Waals surface area contributed by atoms with Gasteiger partial charge in [-0.3, -0.25) is 4.79 Å². The van der Waals surface area contributed by atoms with Crippen LogP contribution in [-0.2, 0) is 9.63 Å². The lowest BCUT2D eigenvalue weighted by atomic mass is 9.98. The van der Waals surface area contributed by atoms with E-state index in [1.165, 1.54) is 0 Å². The highest BCUT2D eigenvalue weighted by atomic mass is 16.6. The molecule has 0 aliphatic carbocycles. The molecule has 1 atom stereocenters. The van der Waals surface area contributed by atoms with Gasteiger partial charge in [-0.2, -0.15) is 0 Å². The van der Waals surface area contributed by atoms with Crippen LogP contribution in [0.2, 0.25) is 0 Å². The van der Waals surface area contributed by atoms with Gasteiger partial charge in [0.25, 0.3) is 5.91 Å². The van der Waals surface area contributed by atoms with E-state index in [4.69, 9.17) is 14.3 Å². The normalized spacial score (nSPS) is 21.2. The highest BCUT2D eigenvalue weighted by Crippen LogP contribution is 2.29. The summed E-state index contributed by atoms with van der Waals surface area (Å²) in [6.07, 6.45) is 2.02. The first-order valence-electron chi connectivity index (χ1n) is 8.36. The molecular formula is C18H24N2O4. The number of hydrogen-bond acceptors (Lipinski definition) is 5. The van der Waals surface area contributed by atoms with Gasteiger partial charge in [0.1, 0.15) is 11.5 Å². The predicted molar refractivity (Wildman–Crippen MR) is 90.6 cm³/mol. The van der Waals surface area contributed by atoms with E-state index in [2.05, 4.69) is 12.1 Å². The Morgan fingerprint density at radius 3 is 2.67 bits per heavy atom. The van der Waals surface area contributed by atoms with E-state index in [1.54, 1.807) is 14.2 Å². The molecule has 2 aliphatic heterocycles. The molecule has 1 aromatic carbocycles. The number of ether oxygens (including phenoxy) is 2. The molecule has 1 fully saturated rings. The van der Waals surface area contributed by atoms with Crippen LogP contribution in [0.15, 0.2) is 23.4 Å². The van der Waals surface area contributed by atoms with Gasteiger partial charge in [-0.25, -0.2) is 0 Å². The molecule has 0 bridgehead atoms. The quantitative estimate of drug-likeness (QED) is 0.850. The highest BCUT2D eigenvalue weighted by Gasteiger charge is 2.34. The second-order valence-electron chi connectivity index (χ2n) is 6.41. The summed E-state index contributed by atoms with van der Waals surface area (Å²) in [6, 6.07) is 5.52. The monoisotopic (exact) mass is 332 g/mol. The summed E-state index contributed by atoms with van der Waals surface area (Å²) in [6.45, 7) is 3.83. The maximum Gasteiger partial charge on any atom is 0.266 e. The molecule has 6 nitrogen and oxygen atoms in total. The summed E-state index contributed by atoms with van der Waals surface area (Å²) >= 11 is 0. The van der Waals surface area contributed by atoms with Gasteiger partial charge in [0, 0.05) is 25.1 Å². The Hall–Kier alpha value is -2.24. The maximum absolute atomic E-state index is 12.6. The number of oxime groups is 1. The minimum atomic E-state index is -0.538. The molecule has 1 aromatic rings. The van der Waals surface area contributed by atoms with E-state index >= 15 is 0 Å². The number of rotatable bonds is 4. The molecule has 0 radical (unpaired) electrons. The van der Waals surface area contributed by atoms with Gasteiger partial charge in [0.15, 0.2) is 0 Å². The van der Waals surface area contributed by atoms with Crippen LogP contribution in [0.4, 0.5) is 0 Å². The summed E-state index contributed by atoms with van der Waals surface area (Å²) in [5, 5.41) is 4.14. The van der Waals surface area contributed by atoms with Crippen molar-refractivity contribution in [1.29, 1.82) is 0 Å². The molecule has 0 spiro atoms. The van der Waals surface area contributed by atoms with Gasteiger partial charge in [-0.05, 0) is 37.0 Å². The van der Waals surface area contributed by atoms with Crippen molar-refractivity contribution in [1.82, 2.24) is 4.90 Å². The van der Waals surface area contributed by atoms with Crippen molar-refractivity contribution >= 4 is 11.6 Å². The number of hydrogen-bond donors (Lipinski definition) is 0. The molecule has 130 valence electrons. The maximum atomic E-state index is 12.6. The van der Waals surface area contributed by atoms with Crippen molar-refractivity contribution in [2.24, 2.45) is 11.1 Å². The van der Waals surface area contributed by atoms with Crippen molar-refractivity contribution < 1.29 is 19.1 Å². The lowest BCUT2D eigenvalue weighted by Gasteiger charge is -2.31. The van der Waals surface area contributed by atoms with E-state index in [-0.39, 0.29) is 5.91 Å². The zero-order valence-corrected chi connectivity index (χ0v) is 14.4. The molecule has 0 aromatic heterocycles. The molecule has 0 N–H and O–H groups in total. The smallest absolute Gasteiger partial charge is 0.266 e. The largest absolute Gasteiger partial charge is 0.497 e. The zero-order valence-electron chi connectivity index (χ0n) is 14.4. The average molecular weight is 332 g/mol. The van der Waals surface area contributed by atoms with E-state index < -0.39 is 6.10 Å². The first kappa shape index (κ1) is 16.6. The Morgan fingerprint density at radius 2 is 2.00 bits per heavy atom. The van der Waals surface area contributed by atoms with E-state index in [0.717, 1.165) is 37.2 Å². The third kappa shape index (κ3) is 3.32. The molecule has 24 heavy (non-hydrogen) atoms. The van der Waals surface area contributed by atoms with Crippen LogP contribution >= 0.6 is 0 Å². The molecule has 0 unspecified atom stereocenters. The van der Waals surface area contributed by atoms with Crippen LogP contribution < -0.4 is 9.47 Å². The van der Waals surface area contributed by atoms with Crippen LogP contribution in [0.25, 0.3) is 0 Å². The molecule has 2 heterocycles. The number of piperidine rings is 1. The summed E-state index contributed by atoms with van der Waals surface area (Å²) in [4.78, 5) is 20.0. The van der Waals surface area contributed by atoms with Gasteiger partial charge in [-0.1, -0.05) is 12.1 Å². The summed E-state index contributed by atoms with van der Waals surface area (Å²) in [5.74, 6) is 2.13. The average Bonchev–Trinajstić information content (AvgIpc) is 3.11. The van der Waals surface area contributed by atoms with Gasteiger partial charge in [-0.15, -0.1) is 0 Å². The molecular weight excluding hydrogens is 308 g/mol.